The Morgan fingerprint density at radius 1 is 0.542 bits per heavy atom. The Kier molecular flexibility index (Phi) is 19.3. The lowest BCUT2D eigenvalue weighted by Gasteiger charge is -2.21. The van der Waals surface area contributed by atoms with Gasteiger partial charge in [-0.1, -0.05) is 11.5 Å². The van der Waals surface area contributed by atoms with E-state index in [4.69, 9.17) is 29.6 Å². The van der Waals surface area contributed by atoms with E-state index in [1.807, 2.05) is 0 Å². The first-order chi connectivity index (χ1) is 34.3. The maximum Gasteiger partial charge on any atom is 0.355 e. The number of carbonyl (C=O) groups excluding carboxylic acids is 15. The van der Waals surface area contributed by atoms with Crippen LogP contribution in [0.2, 0.25) is 0 Å². The van der Waals surface area contributed by atoms with E-state index in [9.17, 15) is 71.9 Å². The number of rotatable bonds is 26. The number of hydrogen-bond acceptors (Lipinski definition) is 21. The topological polar surface area (TPSA) is 400 Å². The maximum atomic E-state index is 14.0. The number of nitrogens with zero attached hydrogens (tertiary/aromatic N) is 7. The highest BCUT2D eigenvalue weighted by Gasteiger charge is 2.39. The largest absolute Gasteiger partial charge is 0.492 e. The molecule has 4 aliphatic rings. The molecule has 2 unspecified atom stereocenters. The molecule has 5 rings (SSSR count). The molecule has 4 heterocycles. The van der Waals surface area contributed by atoms with Gasteiger partial charge in [-0.3, -0.25) is 52.7 Å². The number of ether oxygens (including phenoxy) is 1. The van der Waals surface area contributed by atoms with Crippen LogP contribution in [0.5, 0.6) is 5.75 Å². The molecule has 2 atom stereocenters. The third kappa shape index (κ3) is 15.3. The van der Waals surface area contributed by atoms with Crippen molar-refractivity contribution < 1.29 is 96.0 Å². The second-order valence-electron chi connectivity index (χ2n) is 15.9. The monoisotopic (exact) mass is 1010 g/mol. The summed E-state index contributed by atoms with van der Waals surface area (Å²) in [5, 5.41) is 11.3. The van der Waals surface area contributed by atoms with E-state index in [-0.39, 0.29) is 109 Å². The lowest BCUT2D eigenvalue weighted by molar-refractivity contribution is -0.200. The molecule has 4 fully saturated rings. The molecule has 0 aliphatic carbocycles. The molecule has 3 N–H and O–H groups in total. The third-order valence-corrected chi connectivity index (χ3v) is 10.6. The van der Waals surface area contributed by atoms with Crippen LogP contribution in [0.4, 0.5) is 0 Å². The summed E-state index contributed by atoms with van der Waals surface area (Å²) in [6, 6.07) is -0.772. The van der Waals surface area contributed by atoms with Gasteiger partial charge in [0.15, 0.2) is 0 Å². The molecule has 4 saturated heterocycles. The summed E-state index contributed by atoms with van der Waals surface area (Å²) in [6.45, 7) is -0.142. The van der Waals surface area contributed by atoms with Crippen molar-refractivity contribution in [2.24, 2.45) is 5.11 Å². The minimum atomic E-state index is -1.89. The lowest BCUT2D eigenvalue weighted by atomic mass is 10.1. The van der Waals surface area contributed by atoms with Gasteiger partial charge in [-0.15, -0.1) is 20.3 Å². The summed E-state index contributed by atoms with van der Waals surface area (Å²) < 4.78 is 5.75. The molecule has 30 nitrogen and oxygen atoms in total. The van der Waals surface area contributed by atoms with Gasteiger partial charge in [0.25, 0.3) is 59.1 Å². The van der Waals surface area contributed by atoms with E-state index < -0.39 is 132 Å². The molecular weight excluding hydrogens is 965 g/mol. The minimum absolute atomic E-state index is 0.113. The Morgan fingerprint density at radius 3 is 1.32 bits per heavy atom. The van der Waals surface area contributed by atoms with Crippen molar-refractivity contribution in [3.8, 4) is 5.75 Å². The highest BCUT2D eigenvalue weighted by atomic mass is 16.7. The molecule has 0 spiro atoms. The number of hydroxylamine groups is 8. The fraction of sp³-hybridized carbons (Fsp3) is 0.500. The van der Waals surface area contributed by atoms with Crippen molar-refractivity contribution in [2.75, 3.05) is 19.7 Å². The van der Waals surface area contributed by atoms with Crippen LogP contribution in [0.1, 0.15) is 123 Å². The SMILES string of the molecule is [N-]=[N+]=NCCCCCC(=O)NCCOc1cc(C(=O)NC(CCC(=O)ON2C(=O)CCC2=O)C(=O)ON2C(=O)CCC2=O)cc(C(=O)NC(CCC(=O)ON2C(=O)CCC2=O)C(=O)ON2C(=O)CCC2=O)c1. The molecule has 0 aromatic heterocycles. The third-order valence-electron chi connectivity index (χ3n) is 10.6. The first kappa shape index (κ1) is 54.1. The van der Waals surface area contributed by atoms with Crippen LogP contribution < -0.4 is 20.7 Å². The Bertz CT molecular complexity index is 2290. The molecular formula is C42H46N10O20. The maximum absolute atomic E-state index is 14.0. The van der Waals surface area contributed by atoms with E-state index in [0.717, 1.165) is 18.2 Å². The van der Waals surface area contributed by atoms with Crippen LogP contribution in [0.25, 0.3) is 10.4 Å². The number of carbonyl (C=O) groups is 15. The molecule has 4 aliphatic heterocycles. The summed E-state index contributed by atoms with van der Waals surface area (Å²) in [6.07, 6.45) is -3.39. The van der Waals surface area contributed by atoms with E-state index >= 15 is 0 Å². The quantitative estimate of drug-likeness (QED) is 0.0337. The van der Waals surface area contributed by atoms with Crippen molar-refractivity contribution in [1.29, 1.82) is 0 Å². The van der Waals surface area contributed by atoms with Crippen LogP contribution in [-0.2, 0) is 81.7 Å². The van der Waals surface area contributed by atoms with Gasteiger partial charge in [-0.25, -0.2) is 19.2 Å². The molecule has 30 heteroatoms. The smallest absolute Gasteiger partial charge is 0.355 e. The van der Waals surface area contributed by atoms with E-state index in [1.54, 1.807) is 0 Å². The van der Waals surface area contributed by atoms with Gasteiger partial charge >= 0.3 is 23.9 Å². The van der Waals surface area contributed by atoms with Gasteiger partial charge in [0.2, 0.25) is 5.91 Å². The fourth-order valence-electron chi connectivity index (χ4n) is 6.82. The Morgan fingerprint density at radius 2 is 0.931 bits per heavy atom. The average Bonchev–Trinajstić information content (AvgIpc) is 4.06. The number of azide groups is 1. The minimum Gasteiger partial charge on any atom is -0.492 e. The van der Waals surface area contributed by atoms with E-state index in [1.165, 1.54) is 0 Å². The molecule has 1 aromatic rings. The van der Waals surface area contributed by atoms with E-state index in [0.29, 0.717) is 19.3 Å². The van der Waals surface area contributed by atoms with Gasteiger partial charge in [-0.2, -0.15) is 0 Å². The number of imide groups is 4. The van der Waals surface area contributed by atoms with Crippen molar-refractivity contribution in [3.05, 3.63) is 39.8 Å². The van der Waals surface area contributed by atoms with Crippen molar-refractivity contribution in [2.45, 2.75) is 115 Å². The van der Waals surface area contributed by atoms with Gasteiger partial charge in [0, 0.05) is 80.4 Å². The summed E-state index contributed by atoms with van der Waals surface area (Å²) in [5.41, 5.74) is 7.43. The van der Waals surface area contributed by atoms with Crippen LogP contribution >= 0.6 is 0 Å². The Labute approximate surface area is 405 Å². The van der Waals surface area contributed by atoms with Crippen LogP contribution in [-0.4, -0.2) is 141 Å². The van der Waals surface area contributed by atoms with Crippen molar-refractivity contribution >= 4 is 88.9 Å². The molecule has 384 valence electrons. The molecule has 0 bridgehead atoms. The van der Waals surface area contributed by atoms with Crippen molar-refractivity contribution in [3.63, 3.8) is 0 Å². The van der Waals surface area contributed by atoms with Gasteiger partial charge < -0.3 is 40.0 Å². The summed E-state index contributed by atoms with van der Waals surface area (Å²) in [4.78, 5) is 212. The zero-order chi connectivity index (χ0) is 52.5. The Hall–Kier alpha value is -8.82. The average molecular weight is 1010 g/mol. The first-order valence-corrected chi connectivity index (χ1v) is 22.3. The highest BCUT2D eigenvalue weighted by Crippen LogP contribution is 2.22. The second kappa shape index (κ2) is 25.7. The van der Waals surface area contributed by atoms with Crippen LogP contribution in [0.15, 0.2) is 23.3 Å². The molecule has 0 radical (unpaired) electrons. The summed E-state index contributed by atoms with van der Waals surface area (Å²) >= 11 is 0. The van der Waals surface area contributed by atoms with Crippen LogP contribution in [0, 0.1) is 0 Å². The highest BCUT2D eigenvalue weighted by molar-refractivity contribution is 6.05. The normalized spacial score (nSPS) is 16.3. The summed E-state index contributed by atoms with van der Waals surface area (Å²) in [7, 11) is 0. The van der Waals surface area contributed by atoms with Gasteiger partial charge in [-0.05, 0) is 49.4 Å². The Balaban J connectivity index is 1.38. The van der Waals surface area contributed by atoms with Gasteiger partial charge in [0.1, 0.15) is 24.4 Å². The zero-order valence-electron chi connectivity index (χ0n) is 38.1. The lowest BCUT2D eigenvalue weighted by Crippen LogP contribution is -2.46. The van der Waals surface area contributed by atoms with Crippen molar-refractivity contribution in [1.82, 2.24) is 36.2 Å². The number of amides is 11. The van der Waals surface area contributed by atoms with Gasteiger partial charge in [0.05, 0.1) is 19.4 Å². The number of nitrogens with one attached hydrogen (secondary N) is 3. The number of hydrogen-bond donors (Lipinski definition) is 3. The first-order valence-electron chi connectivity index (χ1n) is 22.3. The molecule has 11 amide bonds. The van der Waals surface area contributed by atoms with Crippen LogP contribution in [0.3, 0.4) is 0 Å². The standard InChI is InChI=1S/C42H46N10O20/c43-48-45-17-3-1-2-4-28(53)44-18-19-68-25-21-23(39(64)46-26(41(66)71-51-33(58)11-12-34(51)59)5-15-37(62)69-49-29(54)7-8-30(49)55)20-24(22-25)40(65)47-27(42(67)72-52-35(60)13-14-36(52)61)6-16-38(63)70-50-31(56)9-10-32(50)57/h20-22,26-27H,1-19H2,(H,44,53)(H,46,64)(H,47,65). The second-order valence-corrected chi connectivity index (χ2v) is 15.9. The number of unbranched alkanes of at least 4 members (excludes halogenated alkanes) is 2. The number of benzene rings is 1. The predicted molar refractivity (Wildman–Crippen MR) is 227 cm³/mol. The summed E-state index contributed by atoms with van der Waals surface area (Å²) in [5.74, 6) is -15.3. The molecule has 0 saturated carbocycles. The van der Waals surface area contributed by atoms with E-state index in [2.05, 4.69) is 26.0 Å². The zero-order valence-corrected chi connectivity index (χ0v) is 38.1. The predicted octanol–water partition coefficient (Wildman–Crippen LogP) is -0.762. The molecule has 72 heavy (non-hydrogen) atoms. The molecule has 1 aromatic carbocycles. The fourth-order valence-corrected chi connectivity index (χ4v) is 6.82.